The minimum atomic E-state index is -0.254. The van der Waals surface area contributed by atoms with Crippen molar-refractivity contribution in [3.63, 3.8) is 0 Å². The molecule has 1 heterocycles. The molecule has 1 nitrogen and oxygen atoms in total. The fraction of sp³-hybridized carbons (Fsp3) is 0. The lowest BCUT2D eigenvalue weighted by Crippen LogP contribution is -1.77. The molecule has 2 aromatic carbocycles. The zero-order chi connectivity index (χ0) is 11.0. The summed E-state index contributed by atoms with van der Waals surface area (Å²) in [5.41, 5.74) is 1.49. The molecule has 3 aromatic rings. The van der Waals surface area contributed by atoms with Crippen LogP contribution in [0.3, 0.4) is 0 Å². The normalized spacial score (nSPS) is 10.8. The van der Waals surface area contributed by atoms with Crippen molar-refractivity contribution in [3.05, 3.63) is 54.3 Å². The summed E-state index contributed by atoms with van der Waals surface area (Å²) in [6, 6.07) is 14.9. The highest BCUT2D eigenvalue weighted by atomic mass is 32.1. The Labute approximate surface area is 96.2 Å². The maximum absolute atomic E-state index is 13.5. The molecule has 3 rings (SSSR count). The minimum absolute atomic E-state index is 0.254. The molecule has 0 amide bonds. The summed E-state index contributed by atoms with van der Waals surface area (Å²) in [6.45, 7) is 0. The van der Waals surface area contributed by atoms with E-state index in [0.29, 0.717) is 5.52 Å². The zero-order valence-corrected chi connectivity index (χ0v) is 9.17. The van der Waals surface area contributed by atoms with Gasteiger partial charge in [-0.3, -0.25) is 0 Å². The Morgan fingerprint density at radius 3 is 2.50 bits per heavy atom. The Kier molecular flexibility index (Phi) is 2.18. The largest absolute Gasteiger partial charge is 0.233 e. The molecule has 0 radical (unpaired) electrons. The van der Waals surface area contributed by atoms with Crippen LogP contribution in [0.2, 0.25) is 0 Å². The monoisotopic (exact) mass is 229 g/mol. The van der Waals surface area contributed by atoms with Crippen molar-refractivity contribution in [2.45, 2.75) is 0 Å². The SMILES string of the molecule is Fc1cccc2sc(-c3ccccc3)nc12. The van der Waals surface area contributed by atoms with E-state index < -0.39 is 0 Å². The van der Waals surface area contributed by atoms with Gasteiger partial charge in [0.05, 0.1) is 4.70 Å². The summed E-state index contributed by atoms with van der Waals surface area (Å²) >= 11 is 1.51. The van der Waals surface area contributed by atoms with E-state index in [4.69, 9.17) is 0 Å². The third-order valence-corrected chi connectivity index (χ3v) is 3.46. The molecule has 0 N–H and O–H groups in total. The third-order valence-electron chi connectivity index (χ3n) is 2.39. The molecule has 0 aliphatic heterocycles. The highest BCUT2D eigenvalue weighted by molar-refractivity contribution is 7.21. The van der Waals surface area contributed by atoms with Gasteiger partial charge >= 0.3 is 0 Å². The number of nitrogens with zero attached hydrogens (tertiary/aromatic N) is 1. The van der Waals surface area contributed by atoms with Crippen molar-refractivity contribution in [1.82, 2.24) is 4.98 Å². The molecular formula is C13H8FNS. The van der Waals surface area contributed by atoms with E-state index in [0.717, 1.165) is 15.3 Å². The van der Waals surface area contributed by atoms with E-state index in [9.17, 15) is 4.39 Å². The second-order valence-corrected chi connectivity index (χ2v) is 4.50. The lowest BCUT2D eigenvalue weighted by atomic mass is 10.2. The average Bonchev–Trinajstić information content (AvgIpc) is 2.76. The highest BCUT2D eigenvalue weighted by Crippen LogP contribution is 2.30. The Balaban J connectivity index is 2.23. The van der Waals surface area contributed by atoms with E-state index in [2.05, 4.69) is 4.98 Å². The quantitative estimate of drug-likeness (QED) is 0.612. The summed E-state index contributed by atoms with van der Waals surface area (Å²) in [7, 11) is 0. The van der Waals surface area contributed by atoms with Gasteiger partial charge in [0.2, 0.25) is 0 Å². The van der Waals surface area contributed by atoms with Gasteiger partial charge in [-0.15, -0.1) is 11.3 Å². The Hall–Kier alpha value is -1.74. The van der Waals surface area contributed by atoms with E-state index in [-0.39, 0.29) is 5.82 Å². The summed E-state index contributed by atoms with van der Waals surface area (Å²) in [6.07, 6.45) is 0. The molecule has 0 spiro atoms. The number of hydrogen-bond donors (Lipinski definition) is 0. The van der Waals surface area contributed by atoms with E-state index in [1.807, 2.05) is 36.4 Å². The maximum Gasteiger partial charge on any atom is 0.150 e. The van der Waals surface area contributed by atoms with Gasteiger partial charge in [-0.05, 0) is 12.1 Å². The Bertz CT molecular complexity index is 631. The van der Waals surface area contributed by atoms with Gasteiger partial charge in [0, 0.05) is 5.56 Å². The number of hydrogen-bond acceptors (Lipinski definition) is 2. The van der Waals surface area contributed by atoms with Crippen LogP contribution in [0.25, 0.3) is 20.8 Å². The molecule has 0 aliphatic rings. The van der Waals surface area contributed by atoms with Crippen LogP contribution in [0, 0.1) is 5.82 Å². The lowest BCUT2D eigenvalue weighted by molar-refractivity contribution is 0.637. The first-order valence-corrected chi connectivity index (χ1v) is 5.77. The molecule has 0 atom stereocenters. The summed E-state index contributed by atoms with van der Waals surface area (Å²) in [5.74, 6) is -0.254. The first-order valence-electron chi connectivity index (χ1n) is 4.95. The molecule has 0 aliphatic carbocycles. The lowest BCUT2D eigenvalue weighted by Gasteiger charge is -1.92. The predicted molar refractivity (Wildman–Crippen MR) is 65.0 cm³/mol. The summed E-state index contributed by atoms with van der Waals surface area (Å²) in [4.78, 5) is 4.33. The van der Waals surface area contributed by atoms with Crippen molar-refractivity contribution >= 4 is 21.6 Å². The molecule has 3 heteroatoms. The smallest absolute Gasteiger partial charge is 0.150 e. The average molecular weight is 229 g/mol. The van der Waals surface area contributed by atoms with Gasteiger partial charge in [0.25, 0.3) is 0 Å². The topological polar surface area (TPSA) is 12.9 Å². The maximum atomic E-state index is 13.5. The first kappa shape index (κ1) is 9.48. The van der Waals surface area contributed by atoms with Gasteiger partial charge in [-0.2, -0.15) is 0 Å². The number of rotatable bonds is 1. The number of thiazole rings is 1. The minimum Gasteiger partial charge on any atom is -0.233 e. The van der Waals surface area contributed by atoms with Crippen molar-refractivity contribution in [2.24, 2.45) is 0 Å². The molecule has 78 valence electrons. The standard InChI is InChI=1S/C13H8FNS/c14-10-7-4-8-11-12(10)15-13(16-11)9-5-2-1-3-6-9/h1-8H. The van der Waals surface area contributed by atoms with Crippen LogP contribution >= 0.6 is 11.3 Å². The second kappa shape index (κ2) is 3.68. The predicted octanol–water partition coefficient (Wildman–Crippen LogP) is 4.10. The number of aromatic nitrogens is 1. The van der Waals surface area contributed by atoms with Crippen molar-refractivity contribution in [2.75, 3.05) is 0 Å². The third kappa shape index (κ3) is 1.49. The number of benzene rings is 2. The molecular weight excluding hydrogens is 221 g/mol. The van der Waals surface area contributed by atoms with Crippen molar-refractivity contribution in [3.8, 4) is 10.6 Å². The fourth-order valence-corrected chi connectivity index (χ4v) is 2.60. The van der Waals surface area contributed by atoms with Crippen LogP contribution in [0.5, 0.6) is 0 Å². The molecule has 16 heavy (non-hydrogen) atoms. The van der Waals surface area contributed by atoms with Crippen LogP contribution < -0.4 is 0 Å². The Morgan fingerprint density at radius 2 is 1.75 bits per heavy atom. The molecule has 0 saturated carbocycles. The number of para-hydroxylation sites is 1. The molecule has 0 unspecified atom stereocenters. The van der Waals surface area contributed by atoms with Gasteiger partial charge in [-0.1, -0.05) is 36.4 Å². The van der Waals surface area contributed by atoms with Crippen LogP contribution in [-0.2, 0) is 0 Å². The van der Waals surface area contributed by atoms with Crippen LogP contribution in [0.15, 0.2) is 48.5 Å². The highest BCUT2D eigenvalue weighted by Gasteiger charge is 2.08. The van der Waals surface area contributed by atoms with Crippen LogP contribution in [0.1, 0.15) is 0 Å². The van der Waals surface area contributed by atoms with Gasteiger partial charge < -0.3 is 0 Å². The van der Waals surface area contributed by atoms with Gasteiger partial charge in [0.15, 0.2) is 0 Å². The summed E-state index contributed by atoms with van der Waals surface area (Å²) in [5, 5.41) is 0.862. The van der Waals surface area contributed by atoms with E-state index in [1.54, 1.807) is 6.07 Å². The van der Waals surface area contributed by atoms with E-state index >= 15 is 0 Å². The van der Waals surface area contributed by atoms with Crippen molar-refractivity contribution in [1.29, 1.82) is 0 Å². The first-order chi connectivity index (χ1) is 7.84. The Morgan fingerprint density at radius 1 is 0.938 bits per heavy atom. The number of fused-ring (bicyclic) bond motifs is 1. The summed E-state index contributed by atoms with van der Waals surface area (Å²) < 4.78 is 14.3. The van der Waals surface area contributed by atoms with Gasteiger partial charge in [-0.25, -0.2) is 9.37 Å². The molecule has 0 bridgehead atoms. The molecule has 0 saturated heterocycles. The zero-order valence-electron chi connectivity index (χ0n) is 8.35. The van der Waals surface area contributed by atoms with E-state index in [1.165, 1.54) is 17.4 Å². The van der Waals surface area contributed by atoms with Crippen molar-refractivity contribution < 1.29 is 4.39 Å². The van der Waals surface area contributed by atoms with Gasteiger partial charge in [0.1, 0.15) is 16.3 Å². The number of halogens is 1. The van der Waals surface area contributed by atoms with Crippen LogP contribution in [0.4, 0.5) is 4.39 Å². The fourth-order valence-electron chi connectivity index (χ4n) is 1.62. The molecule has 1 aromatic heterocycles. The second-order valence-electron chi connectivity index (χ2n) is 3.47. The molecule has 0 fully saturated rings. The van der Waals surface area contributed by atoms with Crippen LogP contribution in [-0.4, -0.2) is 4.98 Å².